The number of hydrogen-bond acceptors (Lipinski definition) is 5. The van der Waals surface area contributed by atoms with E-state index in [4.69, 9.17) is 19.9 Å². The van der Waals surface area contributed by atoms with Crippen molar-refractivity contribution in [3.63, 3.8) is 0 Å². The predicted octanol–water partition coefficient (Wildman–Crippen LogP) is 2.66. The molecule has 1 rings (SSSR count). The van der Waals surface area contributed by atoms with Gasteiger partial charge in [-0.25, -0.2) is 4.39 Å². The maximum absolute atomic E-state index is 13.5. The Bertz CT molecular complexity index is 416. The average molecular weight is 300 g/mol. The maximum Gasteiger partial charge on any atom is 0.167 e. The van der Waals surface area contributed by atoms with Gasteiger partial charge in [0.15, 0.2) is 11.6 Å². The van der Waals surface area contributed by atoms with Crippen LogP contribution >= 0.6 is 0 Å². The van der Waals surface area contributed by atoms with Gasteiger partial charge in [0.25, 0.3) is 0 Å². The van der Waals surface area contributed by atoms with Crippen LogP contribution in [-0.2, 0) is 9.47 Å². The fourth-order valence-corrected chi connectivity index (χ4v) is 1.78. The maximum atomic E-state index is 13.5. The first kappa shape index (κ1) is 17.5. The molecule has 5 nitrogen and oxygen atoms in total. The van der Waals surface area contributed by atoms with Crippen molar-refractivity contribution < 1.29 is 18.6 Å². The van der Waals surface area contributed by atoms with E-state index >= 15 is 0 Å². The minimum Gasteiger partial charge on any atom is -0.491 e. The summed E-state index contributed by atoms with van der Waals surface area (Å²) < 4.78 is 29.0. The smallest absolute Gasteiger partial charge is 0.167 e. The lowest BCUT2D eigenvalue weighted by atomic mass is 10.2. The molecule has 0 aliphatic carbocycles. The van der Waals surface area contributed by atoms with Crippen molar-refractivity contribution in [1.29, 1.82) is 0 Å². The molecular formula is C15H25FN2O3. The van der Waals surface area contributed by atoms with Crippen LogP contribution in [0.3, 0.4) is 0 Å². The molecule has 0 unspecified atom stereocenters. The number of rotatable bonds is 11. The van der Waals surface area contributed by atoms with Gasteiger partial charge in [0.2, 0.25) is 0 Å². The Kier molecular flexibility index (Phi) is 8.54. The predicted molar refractivity (Wildman–Crippen MR) is 82.4 cm³/mol. The summed E-state index contributed by atoms with van der Waals surface area (Å²) in [7, 11) is 1.65. The Morgan fingerprint density at radius 1 is 1.19 bits per heavy atom. The first-order chi connectivity index (χ1) is 10.2. The zero-order valence-corrected chi connectivity index (χ0v) is 12.8. The van der Waals surface area contributed by atoms with Crippen LogP contribution in [0.4, 0.5) is 15.8 Å². The first-order valence-corrected chi connectivity index (χ1v) is 7.21. The third-order valence-electron chi connectivity index (χ3n) is 2.87. The fraction of sp³-hybridized carbons (Fsp3) is 0.600. The molecule has 6 heteroatoms. The van der Waals surface area contributed by atoms with Gasteiger partial charge in [0, 0.05) is 32.4 Å². The van der Waals surface area contributed by atoms with Gasteiger partial charge in [-0.05, 0) is 19.8 Å². The second-order valence-electron chi connectivity index (χ2n) is 4.54. The topological polar surface area (TPSA) is 65.7 Å². The second-order valence-corrected chi connectivity index (χ2v) is 4.54. The standard InChI is InChI=1S/C15H25FN2O3/c1-3-21-15-11-14(13(17)10-12(15)16)18-6-4-5-7-20-9-8-19-2/h10-11,18H,3-9,17H2,1-2H3. The van der Waals surface area contributed by atoms with E-state index < -0.39 is 5.82 Å². The third kappa shape index (κ3) is 6.64. The van der Waals surface area contributed by atoms with Crippen LogP contribution in [0.2, 0.25) is 0 Å². The summed E-state index contributed by atoms with van der Waals surface area (Å²) in [6.07, 6.45) is 1.88. The molecule has 0 heterocycles. The minimum atomic E-state index is -0.438. The van der Waals surface area contributed by atoms with Crippen molar-refractivity contribution in [3.05, 3.63) is 17.9 Å². The van der Waals surface area contributed by atoms with Gasteiger partial charge in [-0.1, -0.05) is 0 Å². The van der Waals surface area contributed by atoms with E-state index in [0.717, 1.165) is 19.4 Å². The normalized spacial score (nSPS) is 10.6. The molecular weight excluding hydrogens is 275 g/mol. The van der Waals surface area contributed by atoms with Gasteiger partial charge in [0.1, 0.15) is 0 Å². The van der Waals surface area contributed by atoms with Crippen molar-refractivity contribution in [1.82, 2.24) is 0 Å². The molecule has 0 bridgehead atoms. The number of unbranched alkanes of at least 4 members (excludes halogenated alkanes) is 1. The fourth-order valence-electron chi connectivity index (χ4n) is 1.78. The molecule has 0 aliphatic rings. The number of anilines is 2. The molecule has 1 aromatic rings. The quantitative estimate of drug-likeness (QED) is 0.486. The lowest BCUT2D eigenvalue weighted by Crippen LogP contribution is -2.08. The number of methoxy groups -OCH3 is 1. The highest BCUT2D eigenvalue weighted by Gasteiger charge is 2.08. The second kappa shape index (κ2) is 10.2. The van der Waals surface area contributed by atoms with Crippen molar-refractivity contribution >= 4 is 11.4 Å². The molecule has 0 radical (unpaired) electrons. The highest BCUT2D eigenvalue weighted by molar-refractivity contribution is 5.68. The van der Waals surface area contributed by atoms with Crippen LogP contribution in [-0.4, -0.2) is 40.1 Å². The monoisotopic (exact) mass is 300 g/mol. The lowest BCUT2D eigenvalue weighted by molar-refractivity contribution is 0.0691. The first-order valence-electron chi connectivity index (χ1n) is 7.21. The summed E-state index contributed by atoms with van der Waals surface area (Å²) >= 11 is 0. The summed E-state index contributed by atoms with van der Waals surface area (Å²) in [6, 6.07) is 2.88. The van der Waals surface area contributed by atoms with Crippen molar-refractivity contribution in [2.75, 3.05) is 51.1 Å². The van der Waals surface area contributed by atoms with E-state index in [2.05, 4.69) is 5.32 Å². The Morgan fingerprint density at radius 2 is 2.00 bits per heavy atom. The molecule has 0 fully saturated rings. The van der Waals surface area contributed by atoms with E-state index in [0.29, 0.717) is 37.8 Å². The Hall–Kier alpha value is -1.53. The number of benzene rings is 1. The Balaban J connectivity index is 2.29. The summed E-state index contributed by atoms with van der Waals surface area (Å²) in [5.74, 6) is -0.219. The van der Waals surface area contributed by atoms with E-state index in [-0.39, 0.29) is 5.75 Å². The SMILES string of the molecule is CCOc1cc(NCCCCOCCOC)c(N)cc1F. The molecule has 0 atom stereocenters. The zero-order valence-electron chi connectivity index (χ0n) is 12.8. The van der Waals surface area contributed by atoms with E-state index in [1.54, 1.807) is 13.2 Å². The number of nitrogens with one attached hydrogen (secondary N) is 1. The number of nitrogens with two attached hydrogens (primary N) is 1. The number of halogens is 1. The van der Waals surface area contributed by atoms with Crippen LogP contribution in [0, 0.1) is 5.82 Å². The van der Waals surface area contributed by atoms with Gasteiger partial charge < -0.3 is 25.3 Å². The average Bonchev–Trinajstić information content (AvgIpc) is 2.46. The highest BCUT2D eigenvalue weighted by Crippen LogP contribution is 2.28. The molecule has 0 spiro atoms. The molecule has 0 amide bonds. The molecule has 21 heavy (non-hydrogen) atoms. The number of nitrogen functional groups attached to an aromatic ring is 1. The van der Waals surface area contributed by atoms with Crippen molar-refractivity contribution in [2.24, 2.45) is 0 Å². The van der Waals surface area contributed by atoms with Gasteiger partial charge in [-0.2, -0.15) is 0 Å². The molecule has 1 aromatic carbocycles. The summed E-state index contributed by atoms with van der Waals surface area (Å²) in [4.78, 5) is 0. The lowest BCUT2D eigenvalue weighted by Gasteiger charge is -2.12. The van der Waals surface area contributed by atoms with Gasteiger partial charge in [0.05, 0.1) is 31.2 Å². The van der Waals surface area contributed by atoms with E-state index in [9.17, 15) is 4.39 Å². The van der Waals surface area contributed by atoms with Crippen molar-refractivity contribution in [3.8, 4) is 5.75 Å². The summed E-state index contributed by atoms with van der Waals surface area (Å²) in [5, 5.41) is 3.19. The van der Waals surface area contributed by atoms with Crippen LogP contribution < -0.4 is 15.8 Å². The molecule has 3 N–H and O–H groups in total. The van der Waals surface area contributed by atoms with E-state index in [1.807, 2.05) is 6.92 Å². The van der Waals surface area contributed by atoms with Crippen LogP contribution in [0.25, 0.3) is 0 Å². The summed E-state index contributed by atoms with van der Waals surface area (Å²) in [5.41, 5.74) is 6.86. The number of hydrogen-bond donors (Lipinski definition) is 2. The van der Waals surface area contributed by atoms with Gasteiger partial charge >= 0.3 is 0 Å². The molecule has 0 saturated heterocycles. The Morgan fingerprint density at radius 3 is 2.71 bits per heavy atom. The van der Waals surface area contributed by atoms with E-state index in [1.165, 1.54) is 6.07 Å². The molecule has 120 valence electrons. The largest absolute Gasteiger partial charge is 0.491 e. The Labute approximate surface area is 125 Å². The third-order valence-corrected chi connectivity index (χ3v) is 2.87. The minimum absolute atomic E-state index is 0.220. The zero-order chi connectivity index (χ0) is 15.5. The molecule has 0 aromatic heterocycles. The molecule has 0 aliphatic heterocycles. The van der Waals surface area contributed by atoms with Crippen LogP contribution in [0.15, 0.2) is 12.1 Å². The number of ether oxygens (including phenoxy) is 3. The highest BCUT2D eigenvalue weighted by atomic mass is 19.1. The molecule has 0 saturated carbocycles. The van der Waals surface area contributed by atoms with Crippen LogP contribution in [0.1, 0.15) is 19.8 Å². The summed E-state index contributed by atoms with van der Waals surface area (Å²) in [6.45, 7) is 4.91. The van der Waals surface area contributed by atoms with Crippen LogP contribution in [0.5, 0.6) is 5.75 Å². The van der Waals surface area contributed by atoms with Gasteiger partial charge in [-0.15, -0.1) is 0 Å². The van der Waals surface area contributed by atoms with Crippen molar-refractivity contribution in [2.45, 2.75) is 19.8 Å². The van der Waals surface area contributed by atoms with Gasteiger partial charge in [-0.3, -0.25) is 0 Å².